The van der Waals surface area contributed by atoms with Crippen LogP contribution in [0.2, 0.25) is 0 Å². The smallest absolute Gasteiger partial charge is 0.311 e. The number of carboxylic acid groups (broad SMARTS) is 1. The van der Waals surface area contributed by atoms with Gasteiger partial charge in [-0.2, -0.15) is 0 Å². The van der Waals surface area contributed by atoms with E-state index >= 15 is 0 Å². The molecule has 1 aromatic carbocycles. The van der Waals surface area contributed by atoms with Crippen LogP contribution in [0.15, 0.2) is 22.7 Å². The molecule has 76 valence electrons. The first-order chi connectivity index (χ1) is 6.57. The number of rotatable bonds is 3. The number of carboxylic acids is 1. The third-order valence-electron chi connectivity index (χ3n) is 2.17. The Bertz CT molecular complexity index is 352. The number of aliphatic carboxylic acids is 1. The number of halogens is 1. The molecule has 1 aromatic rings. The molecule has 0 bridgehead atoms. The van der Waals surface area contributed by atoms with E-state index < -0.39 is 11.9 Å². The fourth-order valence-electron chi connectivity index (χ4n) is 1.39. The van der Waals surface area contributed by atoms with Gasteiger partial charge in [0.25, 0.3) is 0 Å². The van der Waals surface area contributed by atoms with E-state index in [1.165, 1.54) is 0 Å². The minimum absolute atomic E-state index is 0.516. The van der Waals surface area contributed by atoms with Crippen LogP contribution in [0.25, 0.3) is 0 Å². The molecule has 1 atom stereocenters. The van der Waals surface area contributed by atoms with Gasteiger partial charge in [0.15, 0.2) is 0 Å². The Kier molecular flexibility index (Phi) is 3.52. The molecule has 3 N–H and O–H groups in total. The highest BCUT2D eigenvalue weighted by Crippen LogP contribution is 2.30. The van der Waals surface area contributed by atoms with Gasteiger partial charge < -0.3 is 10.8 Å². The summed E-state index contributed by atoms with van der Waals surface area (Å²) in [7, 11) is 0. The molecule has 0 aliphatic rings. The lowest BCUT2D eigenvalue weighted by Gasteiger charge is -2.13. The van der Waals surface area contributed by atoms with E-state index in [2.05, 4.69) is 15.9 Å². The van der Waals surface area contributed by atoms with Crippen molar-refractivity contribution in [3.05, 3.63) is 28.2 Å². The van der Waals surface area contributed by atoms with E-state index in [0.29, 0.717) is 17.7 Å². The van der Waals surface area contributed by atoms with Gasteiger partial charge in [0.1, 0.15) is 0 Å². The van der Waals surface area contributed by atoms with Crippen molar-refractivity contribution in [2.45, 2.75) is 19.3 Å². The molecule has 0 saturated carbocycles. The normalized spacial score (nSPS) is 12.4. The van der Waals surface area contributed by atoms with Crippen molar-refractivity contribution in [2.24, 2.45) is 0 Å². The Hall–Kier alpha value is -1.03. The van der Waals surface area contributed by atoms with Crippen molar-refractivity contribution in [3.63, 3.8) is 0 Å². The minimum atomic E-state index is -0.836. The lowest BCUT2D eigenvalue weighted by atomic mass is 9.95. The Balaban J connectivity index is 3.16. The molecule has 0 amide bonds. The molecule has 14 heavy (non-hydrogen) atoms. The molecule has 1 unspecified atom stereocenters. The maximum atomic E-state index is 10.9. The molecule has 0 spiro atoms. The van der Waals surface area contributed by atoms with E-state index in [-0.39, 0.29) is 0 Å². The van der Waals surface area contributed by atoms with Gasteiger partial charge in [-0.25, -0.2) is 0 Å². The summed E-state index contributed by atoms with van der Waals surface area (Å²) in [5.74, 6) is -1.36. The fourth-order valence-corrected chi connectivity index (χ4v) is 1.77. The molecule has 0 aliphatic heterocycles. The van der Waals surface area contributed by atoms with Gasteiger partial charge in [0.05, 0.1) is 5.92 Å². The highest BCUT2D eigenvalue weighted by molar-refractivity contribution is 9.10. The molecule has 0 aromatic heterocycles. The molecule has 0 heterocycles. The standard InChI is InChI=1S/C10H12BrNO2/c1-2-6(10(13)14)7-4-3-5-8(11)9(7)12/h3-6H,2,12H2,1H3,(H,13,14). The van der Waals surface area contributed by atoms with Crippen LogP contribution in [-0.4, -0.2) is 11.1 Å². The molecule has 3 nitrogen and oxygen atoms in total. The molecule has 4 heteroatoms. The summed E-state index contributed by atoms with van der Waals surface area (Å²) in [6.45, 7) is 1.83. The molecule has 1 rings (SSSR count). The molecule has 0 saturated heterocycles. The Labute approximate surface area is 91.1 Å². The Morgan fingerprint density at radius 3 is 2.79 bits per heavy atom. The van der Waals surface area contributed by atoms with Crippen molar-refractivity contribution >= 4 is 27.6 Å². The Morgan fingerprint density at radius 1 is 1.64 bits per heavy atom. The SMILES string of the molecule is CCC(C(=O)O)c1cccc(Br)c1N. The quantitative estimate of drug-likeness (QED) is 0.819. The first kappa shape index (κ1) is 11.0. The van der Waals surface area contributed by atoms with Crippen LogP contribution in [0.3, 0.4) is 0 Å². The summed E-state index contributed by atoms with van der Waals surface area (Å²) >= 11 is 3.27. The number of carbonyl (C=O) groups is 1. The predicted octanol–water partition coefficient (Wildman–Crippen LogP) is 2.61. The fraction of sp³-hybridized carbons (Fsp3) is 0.300. The van der Waals surface area contributed by atoms with Gasteiger partial charge >= 0.3 is 5.97 Å². The van der Waals surface area contributed by atoms with Crippen LogP contribution in [0.5, 0.6) is 0 Å². The number of hydrogen-bond donors (Lipinski definition) is 2. The molecule has 0 fully saturated rings. The lowest BCUT2D eigenvalue weighted by Crippen LogP contribution is -2.12. The number of benzene rings is 1. The van der Waals surface area contributed by atoms with E-state index in [0.717, 1.165) is 4.47 Å². The summed E-state index contributed by atoms with van der Waals surface area (Å²) < 4.78 is 0.745. The first-order valence-electron chi connectivity index (χ1n) is 4.34. The molecule has 0 radical (unpaired) electrons. The van der Waals surface area contributed by atoms with E-state index in [9.17, 15) is 4.79 Å². The average molecular weight is 258 g/mol. The van der Waals surface area contributed by atoms with E-state index in [1.807, 2.05) is 6.92 Å². The first-order valence-corrected chi connectivity index (χ1v) is 5.14. The van der Waals surface area contributed by atoms with Crippen LogP contribution < -0.4 is 5.73 Å². The highest BCUT2D eigenvalue weighted by Gasteiger charge is 2.20. The number of hydrogen-bond acceptors (Lipinski definition) is 2. The summed E-state index contributed by atoms with van der Waals surface area (Å²) in [6, 6.07) is 5.34. The number of nitrogens with two attached hydrogens (primary N) is 1. The van der Waals surface area contributed by atoms with Gasteiger partial charge in [-0.05, 0) is 34.0 Å². The Morgan fingerprint density at radius 2 is 2.29 bits per heavy atom. The van der Waals surface area contributed by atoms with Crippen LogP contribution in [0.4, 0.5) is 5.69 Å². The summed E-state index contributed by atoms with van der Waals surface area (Å²) in [4.78, 5) is 10.9. The lowest BCUT2D eigenvalue weighted by molar-refractivity contribution is -0.138. The molecular weight excluding hydrogens is 246 g/mol. The zero-order chi connectivity index (χ0) is 10.7. The monoisotopic (exact) mass is 257 g/mol. The zero-order valence-corrected chi connectivity index (χ0v) is 9.41. The van der Waals surface area contributed by atoms with Crippen molar-refractivity contribution < 1.29 is 9.90 Å². The van der Waals surface area contributed by atoms with Crippen molar-refractivity contribution in [1.82, 2.24) is 0 Å². The maximum Gasteiger partial charge on any atom is 0.311 e. The largest absolute Gasteiger partial charge is 0.481 e. The van der Waals surface area contributed by atoms with Crippen LogP contribution in [0.1, 0.15) is 24.8 Å². The van der Waals surface area contributed by atoms with Crippen LogP contribution in [0, 0.1) is 0 Å². The number of nitrogen functional groups attached to an aromatic ring is 1. The summed E-state index contributed by atoms with van der Waals surface area (Å²) in [5.41, 5.74) is 6.98. The van der Waals surface area contributed by atoms with Crippen molar-refractivity contribution in [2.75, 3.05) is 5.73 Å². The van der Waals surface area contributed by atoms with Crippen LogP contribution >= 0.6 is 15.9 Å². The van der Waals surface area contributed by atoms with E-state index in [4.69, 9.17) is 10.8 Å². The van der Waals surface area contributed by atoms with Crippen LogP contribution in [-0.2, 0) is 4.79 Å². The predicted molar refractivity (Wildman–Crippen MR) is 59.2 cm³/mol. The number of para-hydroxylation sites is 1. The zero-order valence-electron chi connectivity index (χ0n) is 7.83. The third kappa shape index (κ3) is 2.07. The maximum absolute atomic E-state index is 10.9. The minimum Gasteiger partial charge on any atom is -0.481 e. The van der Waals surface area contributed by atoms with Gasteiger partial charge in [-0.1, -0.05) is 19.1 Å². The van der Waals surface area contributed by atoms with Crippen molar-refractivity contribution in [1.29, 1.82) is 0 Å². The average Bonchev–Trinajstić information content (AvgIpc) is 2.13. The summed E-state index contributed by atoms with van der Waals surface area (Å²) in [5, 5.41) is 8.97. The van der Waals surface area contributed by atoms with Gasteiger partial charge in [-0.3, -0.25) is 4.79 Å². The summed E-state index contributed by atoms with van der Waals surface area (Å²) in [6.07, 6.45) is 0.538. The van der Waals surface area contributed by atoms with E-state index in [1.54, 1.807) is 18.2 Å². The highest BCUT2D eigenvalue weighted by atomic mass is 79.9. The second kappa shape index (κ2) is 4.46. The second-order valence-corrected chi connectivity index (χ2v) is 3.90. The topological polar surface area (TPSA) is 63.3 Å². The number of anilines is 1. The van der Waals surface area contributed by atoms with Gasteiger partial charge in [0, 0.05) is 10.2 Å². The molecule has 0 aliphatic carbocycles. The molecular formula is C10H12BrNO2. The van der Waals surface area contributed by atoms with Crippen molar-refractivity contribution in [3.8, 4) is 0 Å². The van der Waals surface area contributed by atoms with Gasteiger partial charge in [-0.15, -0.1) is 0 Å². The second-order valence-electron chi connectivity index (χ2n) is 3.04. The van der Waals surface area contributed by atoms with Gasteiger partial charge in [0.2, 0.25) is 0 Å². The third-order valence-corrected chi connectivity index (χ3v) is 2.86.